The van der Waals surface area contributed by atoms with Crippen LogP contribution < -0.4 is 20.2 Å². The van der Waals surface area contributed by atoms with Crippen LogP contribution in [0.2, 0.25) is 5.02 Å². The average Bonchev–Trinajstić information content (AvgIpc) is 2.84. The van der Waals surface area contributed by atoms with Gasteiger partial charge < -0.3 is 14.8 Å². The highest BCUT2D eigenvalue weighted by atomic mass is 79.9. The number of hydrogen-bond acceptors (Lipinski definition) is 5. The number of nitrogens with zero attached hydrogens (tertiary/aromatic N) is 1. The largest absolute Gasteiger partial charge is 0.497 e. The summed E-state index contributed by atoms with van der Waals surface area (Å²) in [5.41, 5.74) is 4.90. The molecule has 3 rings (SSSR count). The Hall–Kier alpha value is -3.36. The highest BCUT2D eigenvalue weighted by Crippen LogP contribution is 2.27. The van der Waals surface area contributed by atoms with E-state index in [1.165, 1.54) is 6.21 Å². The van der Waals surface area contributed by atoms with Crippen LogP contribution in [0.4, 0.5) is 0 Å². The molecule has 2 amide bonds. The number of ether oxygens (including phenoxy) is 2. The number of nitrogens with one attached hydrogen (secondary N) is 2. The van der Waals surface area contributed by atoms with Gasteiger partial charge in [-0.15, -0.1) is 0 Å². The fourth-order valence-corrected chi connectivity index (χ4v) is 3.74. The smallest absolute Gasteiger partial charge is 0.262 e. The van der Waals surface area contributed by atoms with Gasteiger partial charge >= 0.3 is 0 Å². The Bertz CT molecular complexity index is 1200. The molecule has 7 nitrogen and oxygen atoms in total. The molecule has 35 heavy (non-hydrogen) atoms. The number of carbonyl (C=O) groups is 2. The first-order valence-electron chi connectivity index (χ1n) is 10.8. The van der Waals surface area contributed by atoms with Gasteiger partial charge in [0, 0.05) is 10.6 Å². The average molecular weight is 559 g/mol. The minimum atomic E-state index is -0.745. The van der Waals surface area contributed by atoms with Crippen molar-refractivity contribution in [1.82, 2.24) is 10.7 Å². The molecule has 0 aliphatic rings. The Morgan fingerprint density at radius 1 is 1.11 bits per heavy atom. The van der Waals surface area contributed by atoms with Crippen LogP contribution in [0, 0.1) is 0 Å². The molecular formula is C26H25BrClN3O4. The van der Waals surface area contributed by atoms with Crippen LogP contribution in [0.3, 0.4) is 0 Å². The monoisotopic (exact) mass is 557 g/mol. The summed E-state index contributed by atoms with van der Waals surface area (Å²) in [7, 11) is 1.58. The molecule has 1 unspecified atom stereocenters. The fourth-order valence-electron chi connectivity index (χ4n) is 3.04. The number of benzene rings is 3. The molecule has 3 aromatic rings. The summed E-state index contributed by atoms with van der Waals surface area (Å²) in [6.07, 6.45) is 1.66. The molecule has 2 N–H and O–H groups in total. The molecule has 0 heterocycles. The van der Waals surface area contributed by atoms with Crippen molar-refractivity contribution in [3.63, 3.8) is 0 Å². The molecule has 0 spiro atoms. The van der Waals surface area contributed by atoms with E-state index >= 15 is 0 Å². The lowest BCUT2D eigenvalue weighted by atomic mass is 10.1. The van der Waals surface area contributed by atoms with E-state index in [2.05, 4.69) is 31.8 Å². The van der Waals surface area contributed by atoms with Crippen molar-refractivity contribution in [3.05, 3.63) is 92.9 Å². The second kappa shape index (κ2) is 12.9. The van der Waals surface area contributed by atoms with Crippen LogP contribution >= 0.6 is 27.5 Å². The van der Waals surface area contributed by atoms with Gasteiger partial charge in [0.25, 0.3) is 5.91 Å². The molecule has 0 fully saturated rings. The molecular weight excluding hydrogens is 534 g/mol. The minimum Gasteiger partial charge on any atom is -0.497 e. The molecule has 0 saturated carbocycles. The van der Waals surface area contributed by atoms with E-state index in [-0.39, 0.29) is 12.3 Å². The van der Waals surface area contributed by atoms with Gasteiger partial charge in [-0.2, -0.15) is 5.10 Å². The topological polar surface area (TPSA) is 89.0 Å². The SMILES string of the molecule is COc1ccc(CC(=O)NC(C)C(=O)NN=Cc2ccc(OCc3ccccc3Cl)c(Br)c2)cc1. The molecule has 182 valence electrons. The lowest BCUT2D eigenvalue weighted by Gasteiger charge is -2.12. The van der Waals surface area contributed by atoms with Gasteiger partial charge in [0.1, 0.15) is 24.1 Å². The predicted octanol–water partition coefficient (Wildman–Crippen LogP) is 4.89. The number of methoxy groups -OCH3 is 1. The summed E-state index contributed by atoms with van der Waals surface area (Å²) in [4.78, 5) is 24.5. The highest BCUT2D eigenvalue weighted by molar-refractivity contribution is 9.10. The number of amides is 2. The van der Waals surface area contributed by atoms with E-state index < -0.39 is 11.9 Å². The summed E-state index contributed by atoms with van der Waals surface area (Å²) in [6.45, 7) is 1.93. The zero-order valence-corrected chi connectivity index (χ0v) is 21.6. The first kappa shape index (κ1) is 26.2. The zero-order chi connectivity index (χ0) is 25.2. The summed E-state index contributed by atoms with van der Waals surface area (Å²) < 4.78 is 11.7. The van der Waals surface area contributed by atoms with E-state index in [9.17, 15) is 9.59 Å². The Labute approximate surface area is 217 Å². The van der Waals surface area contributed by atoms with E-state index in [1.54, 1.807) is 44.4 Å². The number of carbonyl (C=O) groups excluding carboxylic acids is 2. The number of hydrazone groups is 1. The van der Waals surface area contributed by atoms with E-state index in [1.807, 2.05) is 36.4 Å². The Balaban J connectivity index is 1.46. The maximum Gasteiger partial charge on any atom is 0.262 e. The van der Waals surface area contributed by atoms with E-state index in [0.717, 1.165) is 21.2 Å². The summed E-state index contributed by atoms with van der Waals surface area (Å²) in [6, 6.07) is 19.3. The Morgan fingerprint density at radius 2 is 1.86 bits per heavy atom. The normalized spacial score (nSPS) is 11.7. The Morgan fingerprint density at radius 3 is 2.54 bits per heavy atom. The molecule has 0 aliphatic heterocycles. The van der Waals surface area contributed by atoms with Crippen molar-refractivity contribution in [3.8, 4) is 11.5 Å². The van der Waals surface area contributed by atoms with E-state index in [4.69, 9.17) is 21.1 Å². The third kappa shape index (κ3) is 8.12. The van der Waals surface area contributed by atoms with Crippen LogP contribution in [0.1, 0.15) is 23.6 Å². The third-order valence-electron chi connectivity index (χ3n) is 4.98. The zero-order valence-electron chi connectivity index (χ0n) is 19.3. The van der Waals surface area contributed by atoms with Crippen LogP contribution in [0.25, 0.3) is 0 Å². The lowest BCUT2D eigenvalue weighted by molar-refractivity contribution is -0.128. The second-order valence-corrected chi connectivity index (χ2v) is 8.88. The van der Waals surface area contributed by atoms with Crippen LogP contribution in [0.15, 0.2) is 76.3 Å². The van der Waals surface area contributed by atoms with Gasteiger partial charge in [-0.25, -0.2) is 5.43 Å². The number of halogens is 2. The molecule has 3 aromatic carbocycles. The third-order valence-corrected chi connectivity index (χ3v) is 5.97. The lowest BCUT2D eigenvalue weighted by Crippen LogP contribution is -2.43. The van der Waals surface area contributed by atoms with Gasteiger partial charge in [0.05, 0.1) is 24.2 Å². The van der Waals surface area contributed by atoms with Crippen molar-refractivity contribution in [1.29, 1.82) is 0 Å². The minimum absolute atomic E-state index is 0.157. The fraction of sp³-hybridized carbons (Fsp3) is 0.192. The van der Waals surface area contributed by atoms with Crippen molar-refractivity contribution >= 4 is 45.6 Å². The summed E-state index contributed by atoms with van der Waals surface area (Å²) in [5.74, 6) is 0.673. The highest BCUT2D eigenvalue weighted by Gasteiger charge is 2.15. The number of hydrogen-bond donors (Lipinski definition) is 2. The van der Waals surface area contributed by atoms with Crippen molar-refractivity contribution < 1.29 is 19.1 Å². The van der Waals surface area contributed by atoms with Crippen molar-refractivity contribution in [2.45, 2.75) is 26.0 Å². The molecule has 9 heteroatoms. The molecule has 0 aromatic heterocycles. The first-order chi connectivity index (χ1) is 16.9. The molecule has 0 bridgehead atoms. The maximum absolute atomic E-state index is 12.3. The quantitative estimate of drug-likeness (QED) is 0.274. The number of rotatable bonds is 10. The van der Waals surface area contributed by atoms with Gasteiger partial charge in [-0.1, -0.05) is 41.9 Å². The first-order valence-corrected chi connectivity index (χ1v) is 11.9. The van der Waals surface area contributed by atoms with E-state index in [0.29, 0.717) is 23.1 Å². The molecule has 1 atom stereocenters. The van der Waals surface area contributed by atoms with Crippen LogP contribution in [-0.4, -0.2) is 31.2 Å². The van der Waals surface area contributed by atoms with Gasteiger partial charge in [-0.05, 0) is 70.4 Å². The summed E-state index contributed by atoms with van der Waals surface area (Å²) >= 11 is 9.65. The second-order valence-electron chi connectivity index (χ2n) is 7.62. The Kier molecular flexibility index (Phi) is 9.69. The summed E-state index contributed by atoms with van der Waals surface area (Å²) in [5, 5.41) is 7.29. The maximum atomic E-state index is 12.3. The molecule has 0 radical (unpaired) electrons. The van der Waals surface area contributed by atoms with Crippen molar-refractivity contribution in [2.75, 3.05) is 7.11 Å². The molecule has 0 saturated heterocycles. The molecule has 0 aliphatic carbocycles. The predicted molar refractivity (Wildman–Crippen MR) is 140 cm³/mol. The van der Waals surface area contributed by atoms with Crippen LogP contribution in [0.5, 0.6) is 11.5 Å². The van der Waals surface area contributed by atoms with Crippen LogP contribution in [-0.2, 0) is 22.6 Å². The standard InChI is InChI=1S/C26H25BrClN3O4/c1-17(30-25(32)14-18-7-10-21(34-2)11-8-18)26(33)31-29-15-19-9-12-24(22(27)13-19)35-16-20-5-3-4-6-23(20)28/h3-13,15,17H,14,16H2,1-2H3,(H,30,32)(H,31,33). The van der Waals surface area contributed by atoms with Gasteiger partial charge in [-0.3, -0.25) is 9.59 Å². The van der Waals surface area contributed by atoms with Crippen molar-refractivity contribution in [2.24, 2.45) is 5.10 Å². The van der Waals surface area contributed by atoms with Gasteiger partial charge in [0.2, 0.25) is 5.91 Å². The van der Waals surface area contributed by atoms with Gasteiger partial charge in [0.15, 0.2) is 0 Å².